The second-order valence-corrected chi connectivity index (χ2v) is 9.85. The number of rotatable bonds is 4. The van der Waals surface area contributed by atoms with Crippen LogP contribution in [0, 0.1) is 28.1 Å². The van der Waals surface area contributed by atoms with Gasteiger partial charge >= 0.3 is 0 Å². The number of nitrogens with zero attached hydrogens (tertiary/aromatic N) is 2. The molecule has 0 N–H and O–H groups in total. The van der Waals surface area contributed by atoms with E-state index in [4.69, 9.17) is 0 Å². The highest BCUT2D eigenvalue weighted by Gasteiger charge is 2.51. The molecule has 0 bridgehead atoms. The maximum atomic E-state index is 15.3. The molecule has 2 nitrogen and oxygen atoms in total. The number of piperidine rings is 1. The van der Waals surface area contributed by atoms with Crippen LogP contribution in [0.15, 0.2) is 30.3 Å². The van der Waals surface area contributed by atoms with Crippen LogP contribution >= 0.6 is 0 Å². The maximum Gasteiger partial charge on any atom is 0.120 e. The first-order valence-corrected chi connectivity index (χ1v) is 10.6. The van der Waals surface area contributed by atoms with E-state index >= 15 is 4.39 Å². The standard InChI is InChI=1S/C24H35FN2/c1-23(2,3)24(13-15-26)14-16-27(18-22(24)25)17-19-9-11-21(12-10-19)20-7-5-4-6-8-20/h4-8,19,21-22H,9-14,16-18H2,1-3H3. The molecule has 0 aromatic heterocycles. The van der Waals surface area contributed by atoms with Crippen molar-refractivity contribution in [1.82, 2.24) is 4.90 Å². The molecule has 0 amide bonds. The van der Waals surface area contributed by atoms with E-state index in [1.807, 2.05) is 0 Å². The van der Waals surface area contributed by atoms with Gasteiger partial charge in [-0.1, -0.05) is 51.1 Å². The zero-order chi connectivity index (χ0) is 19.5. The summed E-state index contributed by atoms with van der Waals surface area (Å²) in [6.07, 6.45) is 5.21. The predicted octanol–water partition coefficient (Wildman–Crippen LogP) is 5.95. The third-order valence-electron chi connectivity index (χ3n) is 7.41. The van der Waals surface area contributed by atoms with Crippen molar-refractivity contribution in [2.24, 2.45) is 16.7 Å². The van der Waals surface area contributed by atoms with Crippen molar-refractivity contribution in [3.8, 4) is 6.07 Å². The van der Waals surface area contributed by atoms with E-state index in [2.05, 4.69) is 62.1 Å². The molecule has 1 saturated carbocycles. The Kier molecular flexibility index (Phi) is 6.26. The van der Waals surface area contributed by atoms with Gasteiger partial charge in [-0.25, -0.2) is 4.39 Å². The highest BCUT2D eigenvalue weighted by Crippen LogP contribution is 2.51. The smallest absolute Gasteiger partial charge is 0.120 e. The van der Waals surface area contributed by atoms with Gasteiger partial charge in [0, 0.05) is 24.9 Å². The summed E-state index contributed by atoms with van der Waals surface area (Å²) in [4.78, 5) is 2.33. The van der Waals surface area contributed by atoms with Gasteiger partial charge in [0.2, 0.25) is 0 Å². The van der Waals surface area contributed by atoms with Crippen LogP contribution < -0.4 is 0 Å². The topological polar surface area (TPSA) is 27.0 Å². The monoisotopic (exact) mass is 370 g/mol. The Hall–Kier alpha value is -1.40. The van der Waals surface area contributed by atoms with Crippen molar-refractivity contribution < 1.29 is 4.39 Å². The van der Waals surface area contributed by atoms with Gasteiger partial charge < -0.3 is 4.90 Å². The lowest BCUT2D eigenvalue weighted by molar-refractivity contribution is -0.0677. The quantitative estimate of drug-likeness (QED) is 0.655. The molecular formula is C24H35FN2. The molecule has 1 aromatic carbocycles. The summed E-state index contributed by atoms with van der Waals surface area (Å²) in [5, 5.41) is 9.28. The van der Waals surface area contributed by atoms with E-state index in [1.54, 1.807) is 0 Å². The molecule has 2 fully saturated rings. The number of halogens is 1. The van der Waals surface area contributed by atoms with Crippen LogP contribution in [0.5, 0.6) is 0 Å². The minimum Gasteiger partial charge on any atom is -0.300 e. The average Bonchev–Trinajstić information content (AvgIpc) is 2.64. The molecule has 3 rings (SSSR count). The van der Waals surface area contributed by atoms with Gasteiger partial charge in [0.25, 0.3) is 0 Å². The first-order chi connectivity index (χ1) is 12.9. The van der Waals surface area contributed by atoms with E-state index in [0.29, 0.717) is 24.8 Å². The largest absolute Gasteiger partial charge is 0.300 e. The normalized spacial score (nSPS) is 32.8. The molecule has 2 unspecified atom stereocenters. The van der Waals surface area contributed by atoms with Crippen LogP contribution in [0.4, 0.5) is 4.39 Å². The number of likely N-dealkylation sites (tertiary alicyclic amines) is 1. The molecule has 0 spiro atoms. The fourth-order valence-electron chi connectivity index (χ4n) is 5.39. The van der Waals surface area contributed by atoms with Crippen molar-refractivity contribution >= 4 is 0 Å². The molecule has 1 aliphatic heterocycles. The van der Waals surface area contributed by atoms with Gasteiger partial charge in [0.05, 0.1) is 6.07 Å². The van der Waals surface area contributed by atoms with Crippen molar-refractivity contribution in [1.29, 1.82) is 5.26 Å². The van der Waals surface area contributed by atoms with E-state index in [0.717, 1.165) is 19.5 Å². The Morgan fingerprint density at radius 2 is 1.81 bits per heavy atom. The van der Waals surface area contributed by atoms with Crippen LogP contribution in [0.2, 0.25) is 0 Å². The second-order valence-electron chi connectivity index (χ2n) is 9.85. The number of benzene rings is 1. The van der Waals surface area contributed by atoms with E-state index < -0.39 is 11.6 Å². The molecule has 3 heteroatoms. The molecule has 1 heterocycles. The summed E-state index contributed by atoms with van der Waals surface area (Å²) in [6.45, 7) is 8.73. The summed E-state index contributed by atoms with van der Waals surface area (Å²) >= 11 is 0. The first-order valence-electron chi connectivity index (χ1n) is 10.6. The molecule has 2 atom stereocenters. The fourth-order valence-corrected chi connectivity index (χ4v) is 5.39. The molecule has 0 radical (unpaired) electrons. The van der Waals surface area contributed by atoms with Gasteiger partial charge in [0.15, 0.2) is 0 Å². The molecule has 148 valence electrons. The summed E-state index contributed by atoms with van der Waals surface area (Å²) in [6, 6.07) is 13.1. The van der Waals surface area contributed by atoms with E-state index in [1.165, 1.54) is 31.2 Å². The SMILES string of the molecule is CC(C)(C)C1(CC#N)CCN(CC2CCC(c3ccccc3)CC2)CC1F. The zero-order valence-electron chi connectivity index (χ0n) is 17.3. The molecule has 1 saturated heterocycles. The molecular weight excluding hydrogens is 335 g/mol. The predicted molar refractivity (Wildman–Crippen MR) is 109 cm³/mol. The van der Waals surface area contributed by atoms with Gasteiger partial charge in [-0.2, -0.15) is 5.26 Å². The van der Waals surface area contributed by atoms with Crippen molar-refractivity contribution in [3.63, 3.8) is 0 Å². The highest BCUT2D eigenvalue weighted by molar-refractivity contribution is 5.19. The Morgan fingerprint density at radius 1 is 1.15 bits per heavy atom. The lowest BCUT2D eigenvalue weighted by Crippen LogP contribution is -2.55. The average molecular weight is 371 g/mol. The lowest BCUT2D eigenvalue weighted by atomic mass is 9.59. The fraction of sp³-hybridized carbons (Fsp3) is 0.708. The third kappa shape index (κ3) is 4.37. The van der Waals surface area contributed by atoms with E-state index in [9.17, 15) is 5.26 Å². The summed E-state index contributed by atoms with van der Waals surface area (Å²) in [5.41, 5.74) is 0.801. The van der Waals surface area contributed by atoms with Gasteiger partial charge in [-0.05, 0) is 61.5 Å². The Balaban J connectivity index is 1.53. The maximum absolute atomic E-state index is 15.3. The zero-order valence-corrected chi connectivity index (χ0v) is 17.3. The van der Waals surface area contributed by atoms with Crippen LogP contribution in [0.3, 0.4) is 0 Å². The molecule has 1 aliphatic carbocycles. The Morgan fingerprint density at radius 3 is 2.37 bits per heavy atom. The Bertz CT molecular complexity index is 637. The van der Waals surface area contributed by atoms with Crippen LogP contribution in [-0.2, 0) is 0 Å². The van der Waals surface area contributed by atoms with Crippen LogP contribution in [0.25, 0.3) is 0 Å². The van der Waals surface area contributed by atoms with Crippen molar-refractivity contribution in [2.45, 2.75) is 71.4 Å². The first kappa shape index (κ1) is 20.3. The minimum atomic E-state index is -0.911. The van der Waals surface area contributed by atoms with Crippen molar-refractivity contribution in [3.05, 3.63) is 35.9 Å². The summed E-state index contributed by atoms with van der Waals surface area (Å²) in [5.74, 6) is 1.39. The number of nitriles is 1. The van der Waals surface area contributed by atoms with E-state index in [-0.39, 0.29) is 5.41 Å². The van der Waals surface area contributed by atoms with Crippen molar-refractivity contribution in [2.75, 3.05) is 19.6 Å². The van der Waals surface area contributed by atoms with Gasteiger partial charge in [-0.3, -0.25) is 0 Å². The number of alkyl halides is 1. The van der Waals surface area contributed by atoms with Crippen LogP contribution in [-0.4, -0.2) is 30.7 Å². The van der Waals surface area contributed by atoms with Gasteiger partial charge in [0.1, 0.15) is 6.17 Å². The molecule has 2 aliphatic rings. The molecule has 1 aromatic rings. The molecule has 27 heavy (non-hydrogen) atoms. The lowest BCUT2D eigenvalue weighted by Gasteiger charge is -2.51. The number of hydrogen-bond donors (Lipinski definition) is 0. The second kappa shape index (κ2) is 8.31. The van der Waals surface area contributed by atoms with Gasteiger partial charge in [-0.15, -0.1) is 0 Å². The minimum absolute atomic E-state index is 0.179. The summed E-state index contributed by atoms with van der Waals surface area (Å²) < 4.78 is 15.3. The Labute approximate surface area is 164 Å². The highest BCUT2D eigenvalue weighted by atomic mass is 19.1. The summed E-state index contributed by atoms with van der Waals surface area (Å²) in [7, 11) is 0. The van der Waals surface area contributed by atoms with Crippen LogP contribution in [0.1, 0.15) is 70.8 Å². The number of hydrogen-bond acceptors (Lipinski definition) is 2. The third-order valence-corrected chi connectivity index (χ3v) is 7.41.